The highest BCUT2D eigenvalue weighted by Crippen LogP contribution is 2.15. The number of para-hydroxylation sites is 1. The number of nitrogens with one attached hydrogen (secondary N) is 1. The Morgan fingerprint density at radius 3 is 2.77 bits per heavy atom. The molecular formula is C10H14N2O. The summed E-state index contributed by atoms with van der Waals surface area (Å²) >= 11 is 0. The molecule has 1 fully saturated rings. The van der Waals surface area contributed by atoms with Gasteiger partial charge < -0.3 is 15.3 Å². The largest absolute Gasteiger partial charge is 0.372 e. The van der Waals surface area contributed by atoms with E-state index in [4.69, 9.17) is 0 Å². The van der Waals surface area contributed by atoms with Crippen molar-refractivity contribution in [1.29, 1.82) is 0 Å². The second kappa shape index (κ2) is 3.77. The molecule has 0 aliphatic carbocycles. The van der Waals surface area contributed by atoms with Gasteiger partial charge in [-0.25, -0.2) is 0 Å². The highest BCUT2D eigenvalue weighted by atomic mass is 16.3. The van der Waals surface area contributed by atoms with E-state index in [-0.39, 0.29) is 0 Å². The molecule has 2 N–H and O–H groups in total. The minimum absolute atomic E-state index is 0.392. The maximum absolute atomic E-state index is 9.69. The van der Waals surface area contributed by atoms with Crippen molar-refractivity contribution in [2.75, 3.05) is 24.5 Å². The van der Waals surface area contributed by atoms with Crippen molar-refractivity contribution in [2.24, 2.45) is 0 Å². The van der Waals surface area contributed by atoms with Crippen LogP contribution < -0.4 is 10.2 Å². The lowest BCUT2D eigenvalue weighted by Gasteiger charge is -2.34. The van der Waals surface area contributed by atoms with Crippen molar-refractivity contribution in [3.63, 3.8) is 0 Å². The lowest BCUT2D eigenvalue weighted by molar-refractivity contribution is 0.152. The summed E-state index contributed by atoms with van der Waals surface area (Å²) in [5, 5.41) is 12.8. The van der Waals surface area contributed by atoms with Crippen LogP contribution in [0.5, 0.6) is 0 Å². The van der Waals surface area contributed by atoms with Crippen LogP contribution in [0, 0.1) is 0 Å². The van der Waals surface area contributed by atoms with Crippen molar-refractivity contribution in [3.8, 4) is 0 Å². The fourth-order valence-corrected chi connectivity index (χ4v) is 1.61. The van der Waals surface area contributed by atoms with Gasteiger partial charge in [0.1, 0.15) is 6.23 Å². The van der Waals surface area contributed by atoms with Gasteiger partial charge in [-0.1, -0.05) is 18.2 Å². The van der Waals surface area contributed by atoms with Crippen molar-refractivity contribution in [1.82, 2.24) is 5.32 Å². The second-order valence-corrected chi connectivity index (χ2v) is 3.21. The molecule has 0 radical (unpaired) electrons. The highest BCUT2D eigenvalue weighted by Gasteiger charge is 2.18. The molecule has 1 atom stereocenters. The summed E-state index contributed by atoms with van der Waals surface area (Å²) in [6.45, 7) is 2.45. The summed E-state index contributed by atoms with van der Waals surface area (Å²) in [6.07, 6.45) is -0.392. The molecule has 2 rings (SSSR count). The molecule has 1 aromatic carbocycles. The van der Waals surface area contributed by atoms with Gasteiger partial charge in [-0.15, -0.1) is 0 Å². The zero-order valence-electron chi connectivity index (χ0n) is 7.48. The first-order valence-corrected chi connectivity index (χ1v) is 4.58. The van der Waals surface area contributed by atoms with Crippen LogP contribution in [-0.2, 0) is 0 Å². The minimum Gasteiger partial charge on any atom is -0.372 e. The first-order valence-electron chi connectivity index (χ1n) is 4.58. The van der Waals surface area contributed by atoms with E-state index in [1.165, 1.54) is 0 Å². The Morgan fingerprint density at radius 1 is 1.31 bits per heavy atom. The molecule has 0 spiro atoms. The smallest absolute Gasteiger partial charge is 0.139 e. The third-order valence-electron chi connectivity index (χ3n) is 2.30. The SMILES string of the molecule is OC1CNCCN1c1ccccc1. The summed E-state index contributed by atoms with van der Waals surface area (Å²) in [5.74, 6) is 0. The molecule has 0 amide bonds. The van der Waals surface area contributed by atoms with Gasteiger partial charge in [0.2, 0.25) is 0 Å². The zero-order valence-corrected chi connectivity index (χ0v) is 7.48. The number of aliphatic hydroxyl groups excluding tert-OH is 1. The standard InChI is InChI=1S/C10H14N2O/c13-10-8-11-6-7-12(10)9-4-2-1-3-5-9/h1-5,10-11,13H,6-8H2. The minimum atomic E-state index is -0.392. The Balaban J connectivity index is 2.15. The Bertz CT molecular complexity index is 263. The number of hydrogen-bond donors (Lipinski definition) is 2. The maximum atomic E-state index is 9.69. The van der Waals surface area contributed by atoms with Gasteiger partial charge in [0.25, 0.3) is 0 Å². The van der Waals surface area contributed by atoms with E-state index in [9.17, 15) is 5.11 Å². The molecule has 1 aromatic rings. The van der Waals surface area contributed by atoms with Crippen molar-refractivity contribution < 1.29 is 5.11 Å². The molecule has 1 aliphatic rings. The highest BCUT2D eigenvalue weighted by molar-refractivity contribution is 5.46. The fraction of sp³-hybridized carbons (Fsp3) is 0.400. The van der Waals surface area contributed by atoms with E-state index in [1.807, 2.05) is 35.2 Å². The molecule has 0 bridgehead atoms. The molecule has 3 heteroatoms. The van der Waals surface area contributed by atoms with E-state index in [0.29, 0.717) is 6.54 Å². The summed E-state index contributed by atoms with van der Waals surface area (Å²) in [4.78, 5) is 2.01. The molecular weight excluding hydrogens is 164 g/mol. The maximum Gasteiger partial charge on any atom is 0.139 e. The van der Waals surface area contributed by atoms with Crippen LogP contribution in [0.2, 0.25) is 0 Å². The van der Waals surface area contributed by atoms with Crippen LogP contribution in [0.25, 0.3) is 0 Å². The number of piperazine rings is 1. The molecule has 0 aromatic heterocycles. The third-order valence-corrected chi connectivity index (χ3v) is 2.30. The van der Waals surface area contributed by atoms with E-state index >= 15 is 0 Å². The Kier molecular flexibility index (Phi) is 2.47. The molecule has 13 heavy (non-hydrogen) atoms. The summed E-state index contributed by atoms with van der Waals surface area (Å²) in [7, 11) is 0. The fourth-order valence-electron chi connectivity index (χ4n) is 1.61. The number of hydrogen-bond acceptors (Lipinski definition) is 3. The molecule has 1 heterocycles. The lowest BCUT2D eigenvalue weighted by atomic mass is 10.2. The van der Waals surface area contributed by atoms with Gasteiger partial charge in [-0.2, -0.15) is 0 Å². The quantitative estimate of drug-likeness (QED) is 0.654. The van der Waals surface area contributed by atoms with E-state index in [2.05, 4.69) is 5.32 Å². The number of β-amino-alcohol motifs (C(OH)–C–C–N with tert-alkyl or cyclic N) is 1. The first kappa shape index (κ1) is 8.53. The number of anilines is 1. The molecule has 70 valence electrons. The molecule has 0 saturated carbocycles. The van der Waals surface area contributed by atoms with Crippen LogP contribution in [0.15, 0.2) is 30.3 Å². The third kappa shape index (κ3) is 1.82. The van der Waals surface area contributed by atoms with Crippen LogP contribution in [-0.4, -0.2) is 31.0 Å². The van der Waals surface area contributed by atoms with Crippen LogP contribution in [0.3, 0.4) is 0 Å². The van der Waals surface area contributed by atoms with Gasteiger partial charge in [0.15, 0.2) is 0 Å². The van der Waals surface area contributed by atoms with Crippen molar-refractivity contribution in [2.45, 2.75) is 6.23 Å². The molecule has 1 aliphatic heterocycles. The summed E-state index contributed by atoms with van der Waals surface area (Å²) in [6, 6.07) is 10.0. The number of rotatable bonds is 1. The normalized spacial score (nSPS) is 23.2. The predicted octanol–water partition coefficient (Wildman–Crippen LogP) is 0.415. The van der Waals surface area contributed by atoms with E-state index < -0.39 is 6.23 Å². The number of benzene rings is 1. The van der Waals surface area contributed by atoms with Gasteiger partial charge in [0.05, 0.1) is 0 Å². The Hall–Kier alpha value is -1.06. The Morgan fingerprint density at radius 2 is 2.08 bits per heavy atom. The molecule has 1 unspecified atom stereocenters. The number of nitrogens with zero attached hydrogens (tertiary/aromatic N) is 1. The molecule has 3 nitrogen and oxygen atoms in total. The van der Waals surface area contributed by atoms with Crippen molar-refractivity contribution >= 4 is 5.69 Å². The van der Waals surface area contributed by atoms with Gasteiger partial charge >= 0.3 is 0 Å². The van der Waals surface area contributed by atoms with Crippen LogP contribution in [0.1, 0.15) is 0 Å². The Labute approximate surface area is 78.0 Å². The van der Waals surface area contributed by atoms with Crippen LogP contribution >= 0.6 is 0 Å². The van der Waals surface area contributed by atoms with Gasteiger partial charge in [-0.3, -0.25) is 0 Å². The topological polar surface area (TPSA) is 35.5 Å². The second-order valence-electron chi connectivity index (χ2n) is 3.21. The first-order chi connectivity index (χ1) is 6.38. The predicted molar refractivity (Wildman–Crippen MR) is 52.7 cm³/mol. The van der Waals surface area contributed by atoms with Gasteiger partial charge in [0, 0.05) is 25.3 Å². The average Bonchev–Trinajstić information content (AvgIpc) is 2.20. The van der Waals surface area contributed by atoms with E-state index in [1.54, 1.807) is 0 Å². The van der Waals surface area contributed by atoms with E-state index in [0.717, 1.165) is 18.8 Å². The molecule has 1 saturated heterocycles. The van der Waals surface area contributed by atoms with Crippen molar-refractivity contribution in [3.05, 3.63) is 30.3 Å². The monoisotopic (exact) mass is 178 g/mol. The van der Waals surface area contributed by atoms with Crippen LogP contribution in [0.4, 0.5) is 5.69 Å². The summed E-state index contributed by atoms with van der Waals surface area (Å²) < 4.78 is 0. The summed E-state index contributed by atoms with van der Waals surface area (Å²) in [5.41, 5.74) is 1.09. The zero-order chi connectivity index (χ0) is 9.10. The average molecular weight is 178 g/mol. The lowest BCUT2D eigenvalue weighted by Crippen LogP contribution is -2.51. The van der Waals surface area contributed by atoms with Gasteiger partial charge in [-0.05, 0) is 12.1 Å². The number of aliphatic hydroxyl groups is 1.